The van der Waals surface area contributed by atoms with Crippen molar-refractivity contribution < 1.29 is 49.3 Å². The molecule has 0 radical (unpaired) electrons. The van der Waals surface area contributed by atoms with Crippen LogP contribution in [-0.4, -0.2) is 100 Å². The van der Waals surface area contributed by atoms with Gasteiger partial charge in [-0.25, -0.2) is 0 Å². The molecule has 94 heavy (non-hydrogen) atoms. The molecule has 0 aliphatic carbocycles. The Bertz CT molecular complexity index is 1660. The van der Waals surface area contributed by atoms with Crippen LogP contribution in [0.1, 0.15) is 418 Å². The summed E-state index contributed by atoms with van der Waals surface area (Å²) in [5, 5.41) is 54.5. The molecular weight excluding hydrogens is 1170 g/mol. The lowest BCUT2D eigenvalue weighted by Crippen LogP contribution is -2.60. The molecular formula is C83H157NO10. The van der Waals surface area contributed by atoms with Crippen molar-refractivity contribution in [2.24, 2.45) is 0 Å². The van der Waals surface area contributed by atoms with E-state index in [1.54, 1.807) is 6.08 Å². The Hall–Kier alpha value is -2.12. The van der Waals surface area contributed by atoms with Gasteiger partial charge in [-0.15, -0.1) is 0 Å². The molecule has 7 atom stereocenters. The second kappa shape index (κ2) is 72.1. The molecule has 1 rings (SSSR count). The van der Waals surface area contributed by atoms with Gasteiger partial charge in [-0.2, -0.15) is 0 Å². The maximum Gasteiger partial charge on any atom is 0.305 e. The topological polar surface area (TPSA) is 175 Å². The minimum atomic E-state index is -1.57. The number of unbranched alkanes of at least 4 members (excludes halogenated alkanes) is 56. The van der Waals surface area contributed by atoms with Gasteiger partial charge in [0, 0.05) is 12.8 Å². The molecule has 7 unspecified atom stereocenters. The number of aliphatic hydroxyl groups excluding tert-OH is 5. The summed E-state index contributed by atoms with van der Waals surface area (Å²) in [4.78, 5) is 25.2. The summed E-state index contributed by atoms with van der Waals surface area (Å²) in [6.07, 6.45) is 84.8. The lowest BCUT2D eigenvalue weighted by molar-refractivity contribution is -0.302. The zero-order chi connectivity index (χ0) is 67.9. The van der Waals surface area contributed by atoms with E-state index in [2.05, 4.69) is 43.5 Å². The third kappa shape index (κ3) is 59.9. The number of hydrogen-bond acceptors (Lipinski definition) is 10. The van der Waals surface area contributed by atoms with Crippen molar-refractivity contribution in [2.75, 3.05) is 19.8 Å². The summed E-state index contributed by atoms with van der Waals surface area (Å²) in [6, 6.07) is -0.806. The molecule has 0 bridgehead atoms. The SMILES string of the molecule is CCCCCCCCC/C=C\CCCCCCCC(=O)OCCCCCCCCCCCCCCCCCCCC/C=C\CCCCCCCCCCCCCCCCCCCC(=O)NC(COC1OC(CO)C(O)C(O)C1O)C(O)/C=C/CCCCCCCCCCC. The standard InChI is InChI=1S/C83H157NO10/c1-3-5-7-9-11-13-15-16-17-44-47-51-55-59-63-67-71-79(88)92-72-68-64-60-56-52-48-45-42-40-38-36-34-32-30-28-26-24-22-20-18-19-21-23-25-27-29-31-33-35-37-39-41-43-46-50-54-58-62-66-70-78(87)84-75(74-93-83-82(91)81(90)80(89)77(73-85)94-83)76(86)69-65-61-57-53-49-14-12-10-8-6-4-2/h17-19,44,65,69,75-77,80-83,85-86,89-91H,3-16,20-43,45-64,66-68,70-74H2,1-2H3,(H,84,87)/b19-18-,44-17-,69-65+. The highest BCUT2D eigenvalue weighted by Gasteiger charge is 2.44. The largest absolute Gasteiger partial charge is 0.466 e. The van der Waals surface area contributed by atoms with E-state index in [0.29, 0.717) is 19.4 Å². The average Bonchev–Trinajstić information content (AvgIpc) is 0.905. The number of esters is 1. The molecule has 0 saturated carbocycles. The fraction of sp³-hybridized carbons (Fsp3) is 0.904. The highest BCUT2D eigenvalue weighted by Crippen LogP contribution is 2.24. The fourth-order valence-corrected chi connectivity index (χ4v) is 13.3. The Balaban J connectivity index is 1.86. The van der Waals surface area contributed by atoms with E-state index in [0.717, 1.165) is 57.8 Å². The van der Waals surface area contributed by atoms with E-state index < -0.39 is 49.5 Å². The van der Waals surface area contributed by atoms with Crippen molar-refractivity contribution in [3.05, 3.63) is 36.5 Å². The third-order valence-electron chi connectivity index (χ3n) is 19.7. The van der Waals surface area contributed by atoms with E-state index in [1.807, 2.05) is 6.08 Å². The van der Waals surface area contributed by atoms with Crippen LogP contribution in [0.5, 0.6) is 0 Å². The van der Waals surface area contributed by atoms with E-state index in [9.17, 15) is 35.1 Å². The first kappa shape index (κ1) is 89.9. The van der Waals surface area contributed by atoms with Gasteiger partial charge in [0.2, 0.25) is 5.91 Å². The zero-order valence-electron chi connectivity index (χ0n) is 62.0. The van der Waals surface area contributed by atoms with Gasteiger partial charge >= 0.3 is 5.97 Å². The molecule has 6 N–H and O–H groups in total. The van der Waals surface area contributed by atoms with Crippen molar-refractivity contribution in [2.45, 2.75) is 461 Å². The molecule has 1 amide bonds. The molecule has 1 aliphatic rings. The van der Waals surface area contributed by atoms with Crippen LogP contribution in [0, 0.1) is 0 Å². The van der Waals surface area contributed by atoms with Gasteiger partial charge in [0.05, 0.1) is 32.0 Å². The summed E-state index contributed by atoms with van der Waals surface area (Å²) in [5.41, 5.74) is 0. The van der Waals surface area contributed by atoms with Gasteiger partial charge in [-0.05, 0) is 83.5 Å². The monoisotopic (exact) mass is 1330 g/mol. The minimum Gasteiger partial charge on any atom is -0.466 e. The molecule has 554 valence electrons. The second-order valence-corrected chi connectivity index (χ2v) is 28.8. The van der Waals surface area contributed by atoms with Crippen molar-refractivity contribution in [3.63, 3.8) is 0 Å². The number of carbonyl (C=O) groups excluding carboxylic acids is 2. The van der Waals surface area contributed by atoms with Crippen LogP contribution in [-0.2, 0) is 23.8 Å². The molecule has 1 aliphatic heterocycles. The fourth-order valence-electron chi connectivity index (χ4n) is 13.3. The van der Waals surface area contributed by atoms with E-state index in [-0.39, 0.29) is 18.5 Å². The number of ether oxygens (including phenoxy) is 3. The van der Waals surface area contributed by atoms with Crippen LogP contribution in [0.3, 0.4) is 0 Å². The predicted octanol–water partition coefficient (Wildman–Crippen LogP) is 22.5. The smallest absolute Gasteiger partial charge is 0.305 e. The third-order valence-corrected chi connectivity index (χ3v) is 19.7. The second-order valence-electron chi connectivity index (χ2n) is 28.8. The number of allylic oxidation sites excluding steroid dienone is 5. The normalized spacial score (nSPS) is 17.5. The Labute approximate surface area is 581 Å². The van der Waals surface area contributed by atoms with Crippen LogP contribution in [0.2, 0.25) is 0 Å². The maximum atomic E-state index is 13.1. The van der Waals surface area contributed by atoms with Crippen molar-refractivity contribution >= 4 is 11.9 Å². The van der Waals surface area contributed by atoms with E-state index >= 15 is 0 Å². The lowest BCUT2D eigenvalue weighted by Gasteiger charge is -2.40. The quantitative estimate of drug-likeness (QED) is 0.0195. The number of nitrogens with one attached hydrogen (secondary N) is 1. The van der Waals surface area contributed by atoms with Crippen LogP contribution in [0.15, 0.2) is 36.5 Å². The van der Waals surface area contributed by atoms with E-state index in [1.165, 1.54) is 334 Å². The van der Waals surface area contributed by atoms with Gasteiger partial charge in [0.1, 0.15) is 24.4 Å². The number of aliphatic hydroxyl groups is 5. The Kier molecular flexibility index (Phi) is 69.0. The summed E-state index contributed by atoms with van der Waals surface area (Å²) in [6.45, 7) is 4.38. The molecule has 0 aromatic rings. The molecule has 1 fully saturated rings. The summed E-state index contributed by atoms with van der Waals surface area (Å²) in [5.74, 6) is -0.166. The number of rotatable bonds is 74. The average molecular weight is 1330 g/mol. The number of amides is 1. The molecule has 0 aromatic carbocycles. The number of carbonyl (C=O) groups is 2. The van der Waals surface area contributed by atoms with Gasteiger partial charge in [0.15, 0.2) is 6.29 Å². The highest BCUT2D eigenvalue weighted by atomic mass is 16.7. The molecule has 1 saturated heterocycles. The molecule has 1 heterocycles. The molecule has 0 aromatic heterocycles. The number of hydrogen-bond donors (Lipinski definition) is 6. The first-order valence-electron chi connectivity index (χ1n) is 41.3. The maximum absolute atomic E-state index is 13.1. The predicted molar refractivity (Wildman–Crippen MR) is 398 cm³/mol. The van der Waals surface area contributed by atoms with Crippen LogP contribution < -0.4 is 5.32 Å². The van der Waals surface area contributed by atoms with Crippen LogP contribution in [0.25, 0.3) is 0 Å². The van der Waals surface area contributed by atoms with Crippen LogP contribution >= 0.6 is 0 Å². The first-order chi connectivity index (χ1) is 46.2. The Morgan fingerprint density at radius 3 is 1.02 bits per heavy atom. The zero-order valence-corrected chi connectivity index (χ0v) is 62.0. The molecule has 0 spiro atoms. The Morgan fingerprint density at radius 1 is 0.383 bits per heavy atom. The van der Waals surface area contributed by atoms with E-state index in [4.69, 9.17) is 14.2 Å². The van der Waals surface area contributed by atoms with Crippen molar-refractivity contribution in [1.82, 2.24) is 5.32 Å². The summed E-state index contributed by atoms with van der Waals surface area (Å²) < 4.78 is 16.8. The summed E-state index contributed by atoms with van der Waals surface area (Å²) >= 11 is 0. The van der Waals surface area contributed by atoms with Crippen molar-refractivity contribution in [1.29, 1.82) is 0 Å². The minimum absolute atomic E-state index is 0.0100. The first-order valence-corrected chi connectivity index (χ1v) is 41.3. The molecule has 11 nitrogen and oxygen atoms in total. The highest BCUT2D eigenvalue weighted by molar-refractivity contribution is 5.76. The summed E-state index contributed by atoms with van der Waals surface area (Å²) in [7, 11) is 0. The Morgan fingerprint density at radius 2 is 0.681 bits per heavy atom. The van der Waals surface area contributed by atoms with Gasteiger partial charge in [-0.3, -0.25) is 9.59 Å². The van der Waals surface area contributed by atoms with Gasteiger partial charge < -0.3 is 45.1 Å². The molecule has 11 heteroatoms. The van der Waals surface area contributed by atoms with Gasteiger partial charge in [0.25, 0.3) is 0 Å². The van der Waals surface area contributed by atoms with Gasteiger partial charge in [-0.1, -0.05) is 359 Å². The lowest BCUT2D eigenvalue weighted by atomic mass is 9.99. The van der Waals surface area contributed by atoms with Crippen LogP contribution in [0.4, 0.5) is 0 Å². The van der Waals surface area contributed by atoms with Crippen molar-refractivity contribution in [3.8, 4) is 0 Å².